The second-order valence-electron chi connectivity index (χ2n) is 3.69. The topological polar surface area (TPSA) is 64.6 Å². The van der Waals surface area contributed by atoms with Crippen molar-refractivity contribution >= 4 is 9.84 Å². The fourth-order valence-corrected chi connectivity index (χ4v) is 1.60. The van der Waals surface area contributed by atoms with Gasteiger partial charge in [0.1, 0.15) is 9.84 Å². The normalized spacial score (nSPS) is 11.9. The lowest BCUT2D eigenvalue weighted by Gasteiger charge is -2.05. The van der Waals surface area contributed by atoms with E-state index in [-0.39, 0.29) is 5.75 Å². The lowest BCUT2D eigenvalue weighted by atomic mass is 10.3. The molecule has 16 heavy (non-hydrogen) atoms. The van der Waals surface area contributed by atoms with Crippen molar-refractivity contribution < 1.29 is 17.9 Å². The molecule has 0 unspecified atom stereocenters. The van der Waals surface area contributed by atoms with E-state index < -0.39 is 9.84 Å². The summed E-state index contributed by atoms with van der Waals surface area (Å²) in [5.41, 5.74) is 0. The Morgan fingerprint density at radius 3 is 2.44 bits per heavy atom. The van der Waals surface area contributed by atoms with E-state index in [1.807, 2.05) is 0 Å². The standard InChI is InChI=1S/C10H23NO4S/c1-14-8-9-15-7-4-3-5-11-6-10-16(2,12)13/h11H,3-10H2,1-2H3. The molecule has 0 amide bonds. The molecule has 0 aromatic rings. The van der Waals surface area contributed by atoms with Gasteiger partial charge in [-0.3, -0.25) is 0 Å². The first-order chi connectivity index (χ1) is 7.56. The van der Waals surface area contributed by atoms with Crippen molar-refractivity contribution in [3.8, 4) is 0 Å². The van der Waals surface area contributed by atoms with E-state index in [0.717, 1.165) is 26.0 Å². The van der Waals surface area contributed by atoms with Crippen LogP contribution >= 0.6 is 0 Å². The Morgan fingerprint density at radius 2 is 1.81 bits per heavy atom. The van der Waals surface area contributed by atoms with Gasteiger partial charge >= 0.3 is 0 Å². The highest BCUT2D eigenvalue weighted by Gasteiger charge is 1.99. The third-order valence-corrected chi connectivity index (χ3v) is 2.92. The Labute approximate surface area is 98.4 Å². The highest BCUT2D eigenvalue weighted by Crippen LogP contribution is 1.89. The molecule has 0 saturated carbocycles. The maximum absolute atomic E-state index is 10.8. The van der Waals surface area contributed by atoms with Crippen molar-refractivity contribution in [3.63, 3.8) is 0 Å². The van der Waals surface area contributed by atoms with Crippen LogP contribution in [0.15, 0.2) is 0 Å². The van der Waals surface area contributed by atoms with Crippen LogP contribution in [0.4, 0.5) is 0 Å². The number of hydrogen-bond acceptors (Lipinski definition) is 5. The van der Waals surface area contributed by atoms with Gasteiger partial charge in [0.25, 0.3) is 0 Å². The van der Waals surface area contributed by atoms with Crippen LogP contribution in [0.3, 0.4) is 0 Å². The maximum Gasteiger partial charge on any atom is 0.148 e. The number of hydrogen-bond donors (Lipinski definition) is 1. The van der Waals surface area contributed by atoms with Crippen molar-refractivity contribution in [3.05, 3.63) is 0 Å². The summed E-state index contributed by atoms with van der Waals surface area (Å²) in [6, 6.07) is 0. The number of nitrogens with one attached hydrogen (secondary N) is 1. The molecule has 0 radical (unpaired) electrons. The molecule has 0 saturated heterocycles. The van der Waals surface area contributed by atoms with Crippen LogP contribution in [0.1, 0.15) is 12.8 Å². The summed E-state index contributed by atoms with van der Waals surface area (Å²) in [7, 11) is -1.19. The maximum atomic E-state index is 10.8. The van der Waals surface area contributed by atoms with Gasteiger partial charge in [0.15, 0.2) is 0 Å². The van der Waals surface area contributed by atoms with E-state index in [2.05, 4.69) is 5.32 Å². The Hall–Kier alpha value is -0.170. The molecule has 0 fully saturated rings. The van der Waals surface area contributed by atoms with Gasteiger partial charge in [-0.25, -0.2) is 8.42 Å². The third-order valence-electron chi connectivity index (χ3n) is 1.97. The molecule has 0 spiro atoms. The van der Waals surface area contributed by atoms with Crippen LogP contribution in [-0.4, -0.2) is 60.4 Å². The van der Waals surface area contributed by atoms with E-state index in [4.69, 9.17) is 9.47 Å². The van der Waals surface area contributed by atoms with Crippen molar-refractivity contribution in [2.24, 2.45) is 0 Å². The molecule has 0 aliphatic rings. The van der Waals surface area contributed by atoms with Crippen LogP contribution < -0.4 is 5.32 Å². The average Bonchev–Trinajstić information content (AvgIpc) is 2.19. The van der Waals surface area contributed by atoms with Gasteiger partial charge in [0, 0.05) is 26.5 Å². The molecule has 1 N–H and O–H groups in total. The SMILES string of the molecule is COCCOCCCCNCCS(C)(=O)=O. The molecular weight excluding hydrogens is 230 g/mol. The molecule has 0 aromatic carbocycles. The predicted molar refractivity (Wildman–Crippen MR) is 64.5 cm³/mol. The molecule has 0 heterocycles. The summed E-state index contributed by atoms with van der Waals surface area (Å²) in [5, 5.41) is 3.08. The summed E-state index contributed by atoms with van der Waals surface area (Å²) >= 11 is 0. The fraction of sp³-hybridized carbons (Fsp3) is 1.00. The lowest BCUT2D eigenvalue weighted by Crippen LogP contribution is -2.23. The van der Waals surface area contributed by atoms with Gasteiger partial charge in [-0.15, -0.1) is 0 Å². The van der Waals surface area contributed by atoms with Gasteiger partial charge in [-0.2, -0.15) is 0 Å². The van der Waals surface area contributed by atoms with E-state index >= 15 is 0 Å². The largest absolute Gasteiger partial charge is 0.382 e. The zero-order chi connectivity index (χ0) is 12.3. The van der Waals surface area contributed by atoms with E-state index in [9.17, 15) is 8.42 Å². The van der Waals surface area contributed by atoms with E-state index in [1.165, 1.54) is 6.26 Å². The number of ether oxygens (including phenoxy) is 2. The van der Waals surface area contributed by atoms with Crippen molar-refractivity contribution in [2.45, 2.75) is 12.8 Å². The lowest BCUT2D eigenvalue weighted by molar-refractivity contribution is 0.0688. The first-order valence-electron chi connectivity index (χ1n) is 5.51. The van der Waals surface area contributed by atoms with E-state index in [0.29, 0.717) is 19.8 Å². The molecule has 5 nitrogen and oxygen atoms in total. The number of sulfone groups is 1. The van der Waals surface area contributed by atoms with Crippen molar-refractivity contribution in [1.29, 1.82) is 0 Å². The molecular formula is C10H23NO4S. The zero-order valence-corrected chi connectivity index (χ0v) is 11.0. The molecule has 0 bridgehead atoms. The summed E-state index contributed by atoms with van der Waals surface area (Å²) in [5.74, 6) is 0.206. The second kappa shape index (κ2) is 10.0. The number of methoxy groups -OCH3 is 1. The van der Waals surface area contributed by atoms with Crippen LogP contribution in [0.25, 0.3) is 0 Å². The van der Waals surface area contributed by atoms with Crippen LogP contribution in [0, 0.1) is 0 Å². The van der Waals surface area contributed by atoms with Crippen LogP contribution in [-0.2, 0) is 19.3 Å². The molecule has 0 atom stereocenters. The van der Waals surface area contributed by atoms with Crippen LogP contribution in [0.2, 0.25) is 0 Å². The van der Waals surface area contributed by atoms with E-state index in [1.54, 1.807) is 7.11 Å². The second-order valence-corrected chi connectivity index (χ2v) is 5.95. The molecule has 0 aromatic heterocycles. The molecule has 0 rings (SSSR count). The fourth-order valence-electron chi connectivity index (χ4n) is 1.08. The third kappa shape index (κ3) is 13.8. The van der Waals surface area contributed by atoms with Crippen molar-refractivity contribution in [2.75, 3.05) is 52.0 Å². The first kappa shape index (κ1) is 15.8. The van der Waals surface area contributed by atoms with Gasteiger partial charge < -0.3 is 14.8 Å². The zero-order valence-electron chi connectivity index (χ0n) is 10.2. The number of rotatable bonds is 11. The summed E-state index contributed by atoms with van der Waals surface area (Å²) in [6.45, 7) is 3.37. The van der Waals surface area contributed by atoms with Gasteiger partial charge in [-0.1, -0.05) is 0 Å². The quantitative estimate of drug-likeness (QED) is 0.528. The Balaban J connectivity index is 3.05. The minimum absolute atomic E-state index is 0.206. The highest BCUT2D eigenvalue weighted by atomic mass is 32.2. The molecule has 98 valence electrons. The monoisotopic (exact) mass is 253 g/mol. The minimum Gasteiger partial charge on any atom is -0.382 e. The van der Waals surface area contributed by atoms with Gasteiger partial charge in [0.05, 0.1) is 19.0 Å². The molecule has 6 heteroatoms. The Morgan fingerprint density at radius 1 is 1.06 bits per heavy atom. The Kier molecular flexibility index (Phi) is 9.91. The average molecular weight is 253 g/mol. The predicted octanol–water partition coefficient (Wildman–Crippen LogP) is 0.0638. The Bertz CT molecular complexity index is 241. The van der Waals surface area contributed by atoms with Gasteiger partial charge in [-0.05, 0) is 19.4 Å². The summed E-state index contributed by atoms with van der Waals surface area (Å²) < 4.78 is 31.7. The molecule has 0 aliphatic carbocycles. The highest BCUT2D eigenvalue weighted by molar-refractivity contribution is 7.90. The van der Waals surface area contributed by atoms with Crippen LogP contribution in [0.5, 0.6) is 0 Å². The minimum atomic E-state index is -2.83. The number of unbranched alkanes of at least 4 members (excludes halogenated alkanes) is 1. The summed E-state index contributed by atoms with van der Waals surface area (Å²) in [6.07, 6.45) is 3.23. The summed E-state index contributed by atoms with van der Waals surface area (Å²) in [4.78, 5) is 0. The van der Waals surface area contributed by atoms with Crippen molar-refractivity contribution in [1.82, 2.24) is 5.32 Å². The smallest absolute Gasteiger partial charge is 0.148 e. The molecule has 0 aliphatic heterocycles. The first-order valence-corrected chi connectivity index (χ1v) is 7.57. The van der Waals surface area contributed by atoms with Gasteiger partial charge in [0.2, 0.25) is 0 Å².